The number of likely N-dealkylation sites (N-methyl/N-ethyl adjacent to an activating group) is 1. The number of ether oxygens (including phenoxy) is 1. The molecular weight excluding hydrogens is 247 g/mol. The van der Waals surface area contributed by atoms with Gasteiger partial charge < -0.3 is 15.4 Å². The summed E-state index contributed by atoms with van der Waals surface area (Å²) in [5.74, 6) is 0.104. The molecule has 0 bridgehead atoms. The van der Waals surface area contributed by atoms with Crippen LogP contribution in [0.2, 0.25) is 0 Å². The van der Waals surface area contributed by atoms with Gasteiger partial charge >= 0.3 is 0 Å². The predicted octanol–water partition coefficient (Wildman–Crippen LogP) is 1.65. The maximum atomic E-state index is 12.9. The number of hydrogen-bond acceptors (Lipinski definition) is 3. The standard InChI is InChI=1S/C14H21FN2O2/c1-11(6-7-16)14(18)17(2)8-9-19-13-5-3-4-12(15)10-13/h3-5,10-11H,6-9,16H2,1-2H3. The minimum absolute atomic E-state index is 0.0493. The Morgan fingerprint density at radius 3 is 2.89 bits per heavy atom. The van der Waals surface area contributed by atoms with E-state index in [0.29, 0.717) is 31.9 Å². The van der Waals surface area contributed by atoms with Crippen molar-refractivity contribution >= 4 is 5.91 Å². The van der Waals surface area contributed by atoms with Gasteiger partial charge in [0.1, 0.15) is 18.2 Å². The van der Waals surface area contributed by atoms with Crippen molar-refractivity contribution in [3.8, 4) is 5.75 Å². The summed E-state index contributed by atoms with van der Waals surface area (Å²) >= 11 is 0. The van der Waals surface area contributed by atoms with Crippen molar-refractivity contribution in [1.29, 1.82) is 0 Å². The zero-order valence-corrected chi connectivity index (χ0v) is 11.4. The van der Waals surface area contributed by atoms with Crippen LogP contribution >= 0.6 is 0 Å². The van der Waals surface area contributed by atoms with E-state index in [9.17, 15) is 9.18 Å². The van der Waals surface area contributed by atoms with Crippen molar-refractivity contribution in [2.45, 2.75) is 13.3 Å². The van der Waals surface area contributed by atoms with E-state index < -0.39 is 0 Å². The van der Waals surface area contributed by atoms with Gasteiger partial charge in [-0.15, -0.1) is 0 Å². The summed E-state index contributed by atoms with van der Waals surface area (Å²) in [7, 11) is 1.73. The maximum Gasteiger partial charge on any atom is 0.225 e. The Morgan fingerprint density at radius 1 is 1.53 bits per heavy atom. The third-order valence-electron chi connectivity index (χ3n) is 2.89. The number of hydrogen-bond donors (Lipinski definition) is 1. The Kier molecular flexibility index (Phi) is 6.29. The largest absolute Gasteiger partial charge is 0.492 e. The van der Waals surface area contributed by atoms with Crippen molar-refractivity contribution in [1.82, 2.24) is 4.90 Å². The predicted molar refractivity (Wildman–Crippen MR) is 72.4 cm³/mol. The first kappa shape index (κ1) is 15.4. The minimum Gasteiger partial charge on any atom is -0.492 e. The van der Waals surface area contributed by atoms with Gasteiger partial charge in [0.15, 0.2) is 0 Å². The van der Waals surface area contributed by atoms with E-state index in [1.807, 2.05) is 6.92 Å². The van der Waals surface area contributed by atoms with Crippen LogP contribution in [0.3, 0.4) is 0 Å². The normalized spacial score (nSPS) is 12.0. The number of nitrogens with two attached hydrogens (primary N) is 1. The molecule has 1 aromatic carbocycles. The van der Waals surface area contributed by atoms with Crippen LogP contribution in [-0.4, -0.2) is 37.6 Å². The molecule has 0 spiro atoms. The molecule has 0 aromatic heterocycles. The smallest absolute Gasteiger partial charge is 0.225 e. The molecule has 1 rings (SSSR count). The van der Waals surface area contributed by atoms with Gasteiger partial charge in [-0.1, -0.05) is 13.0 Å². The molecule has 0 aliphatic carbocycles. The Morgan fingerprint density at radius 2 is 2.26 bits per heavy atom. The zero-order chi connectivity index (χ0) is 14.3. The fraction of sp³-hybridized carbons (Fsp3) is 0.500. The molecule has 5 heteroatoms. The first-order valence-electron chi connectivity index (χ1n) is 6.38. The van der Waals surface area contributed by atoms with Crippen molar-refractivity contribution in [3.63, 3.8) is 0 Å². The van der Waals surface area contributed by atoms with Gasteiger partial charge in [-0.05, 0) is 25.1 Å². The van der Waals surface area contributed by atoms with Gasteiger partial charge in [0, 0.05) is 19.0 Å². The monoisotopic (exact) mass is 268 g/mol. The SMILES string of the molecule is CC(CCN)C(=O)N(C)CCOc1cccc(F)c1. The summed E-state index contributed by atoms with van der Waals surface area (Å²) in [6.45, 7) is 3.16. The second kappa shape index (κ2) is 7.74. The summed E-state index contributed by atoms with van der Waals surface area (Å²) in [5, 5.41) is 0. The first-order valence-corrected chi connectivity index (χ1v) is 6.38. The van der Waals surface area contributed by atoms with Crippen LogP contribution in [-0.2, 0) is 4.79 Å². The molecule has 19 heavy (non-hydrogen) atoms. The fourth-order valence-corrected chi connectivity index (χ4v) is 1.72. The van der Waals surface area contributed by atoms with Crippen LogP contribution in [0.4, 0.5) is 4.39 Å². The van der Waals surface area contributed by atoms with Crippen LogP contribution in [0, 0.1) is 11.7 Å². The van der Waals surface area contributed by atoms with Crippen LogP contribution in [0.15, 0.2) is 24.3 Å². The molecule has 0 saturated carbocycles. The van der Waals surface area contributed by atoms with E-state index in [-0.39, 0.29) is 17.6 Å². The highest BCUT2D eigenvalue weighted by Crippen LogP contribution is 2.12. The number of amides is 1. The summed E-state index contributed by atoms with van der Waals surface area (Å²) in [4.78, 5) is 13.5. The number of carbonyl (C=O) groups excluding carboxylic acids is 1. The molecule has 0 saturated heterocycles. The first-order chi connectivity index (χ1) is 9.04. The molecule has 0 fully saturated rings. The number of carbonyl (C=O) groups is 1. The Balaban J connectivity index is 2.34. The van der Waals surface area contributed by atoms with E-state index >= 15 is 0 Å². The summed E-state index contributed by atoms with van der Waals surface area (Å²) in [6, 6.07) is 5.95. The zero-order valence-electron chi connectivity index (χ0n) is 11.4. The maximum absolute atomic E-state index is 12.9. The summed E-state index contributed by atoms with van der Waals surface area (Å²) in [5.41, 5.74) is 5.43. The van der Waals surface area contributed by atoms with Crippen molar-refractivity contribution in [3.05, 3.63) is 30.1 Å². The average Bonchev–Trinajstić information content (AvgIpc) is 2.38. The molecule has 4 nitrogen and oxygen atoms in total. The van der Waals surface area contributed by atoms with Crippen molar-refractivity contribution < 1.29 is 13.9 Å². The lowest BCUT2D eigenvalue weighted by molar-refractivity contribution is -0.134. The third kappa shape index (κ3) is 5.26. The van der Waals surface area contributed by atoms with Gasteiger partial charge in [-0.3, -0.25) is 4.79 Å². The van der Waals surface area contributed by atoms with Crippen molar-refractivity contribution in [2.24, 2.45) is 11.7 Å². The number of nitrogens with zero attached hydrogens (tertiary/aromatic N) is 1. The molecule has 1 atom stereocenters. The lowest BCUT2D eigenvalue weighted by Gasteiger charge is -2.21. The lowest BCUT2D eigenvalue weighted by Crippen LogP contribution is -2.35. The van der Waals surface area contributed by atoms with Gasteiger partial charge in [-0.25, -0.2) is 4.39 Å². The fourth-order valence-electron chi connectivity index (χ4n) is 1.72. The molecule has 1 amide bonds. The number of halogens is 1. The van der Waals surface area contributed by atoms with Gasteiger partial charge in [0.25, 0.3) is 0 Å². The molecule has 1 aromatic rings. The van der Waals surface area contributed by atoms with Gasteiger partial charge in [-0.2, -0.15) is 0 Å². The highest BCUT2D eigenvalue weighted by molar-refractivity contribution is 5.78. The molecule has 0 aliphatic heterocycles. The van der Waals surface area contributed by atoms with Crippen LogP contribution < -0.4 is 10.5 Å². The average molecular weight is 268 g/mol. The second-order valence-corrected chi connectivity index (χ2v) is 4.54. The van der Waals surface area contributed by atoms with E-state index in [4.69, 9.17) is 10.5 Å². The minimum atomic E-state index is -0.335. The van der Waals surface area contributed by atoms with E-state index in [0.717, 1.165) is 0 Å². The molecule has 0 aliphatic rings. The van der Waals surface area contributed by atoms with Crippen LogP contribution in [0.25, 0.3) is 0 Å². The highest BCUT2D eigenvalue weighted by Gasteiger charge is 2.16. The van der Waals surface area contributed by atoms with Gasteiger partial charge in [0.05, 0.1) is 6.54 Å². The molecular formula is C14H21FN2O2. The second-order valence-electron chi connectivity index (χ2n) is 4.54. The van der Waals surface area contributed by atoms with Crippen molar-refractivity contribution in [2.75, 3.05) is 26.7 Å². The molecule has 2 N–H and O–H groups in total. The third-order valence-corrected chi connectivity index (χ3v) is 2.89. The van der Waals surface area contributed by atoms with E-state index in [1.54, 1.807) is 24.1 Å². The molecule has 0 radical (unpaired) electrons. The number of rotatable bonds is 7. The summed E-state index contributed by atoms with van der Waals surface area (Å²) in [6.07, 6.45) is 0.675. The van der Waals surface area contributed by atoms with Crippen LogP contribution in [0.5, 0.6) is 5.75 Å². The molecule has 1 unspecified atom stereocenters. The highest BCUT2D eigenvalue weighted by atomic mass is 19.1. The molecule has 0 heterocycles. The number of benzene rings is 1. The van der Waals surface area contributed by atoms with Crippen LogP contribution in [0.1, 0.15) is 13.3 Å². The summed E-state index contributed by atoms with van der Waals surface area (Å²) < 4.78 is 18.3. The quantitative estimate of drug-likeness (QED) is 0.818. The van der Waals surface area contributed by atoms with Gasteiger partial charge in [0.2, 0.25) is 5.91 Å². The van der Waals surface area contributed by atoms with E-state index in [2.05, 4.69) is 0 Å². The topological polar surface area (TPSA) is 55.6 Å². The van der Waals surface area contributed by atoms with E-state index in [1.165, 1.54) is 12.1 Å². The molecule has 106 valence electrons. The Bertz CT molecular complexity index is 412. The lowest BCUT2D eigenvalue weighted by atomic mass is 10.1. The Hall–Kier alpha value is -1.62. The Labute approximate surface area is 113 Å².